The smallest absolute Gasteiger partial charge is 0.229 e. The fraction of sp³-hybridized carbons (Fsp3) is 0.231. The van der Waals surface area contributed by atoms with Crippen molar-refractivity contribution in [3.63, 3.8) is 0 Å². The molecular weight excluding hydrogens is 420 g/mol. The molecule has 4 aromatic rings. The number of carbonyl (C=O) groups is 2. The summed E-state index contributed by atoms with van der Waals surface area (Å²) >= 11 is 0. The van der Waals surface area contributed by atoms with Crippen molar-refractivity contribution < 1.29 is 23.5 Å². The number of furan rings is 1. The van der Waals surface area contributed by atoms with Crippen LogP contribution in [0.15, 0.2) is 65.1 Å². The number of para-hydroxylation sites is 1. The largest absolute Gasteiger partial charge is 0.495 e. The van der Waals surface area contributed by atoms with Gasteiger partial charge in [0.05, 0.1) is 25.3 Å². The van der Waals surface area contributed by atoms with Crippen LogP contribution >= 0.6 is 0 Å². The Hall–Kier alpha value is -4.00. The summed E-state index contributed by atoms with van der Waals surface area (Å²) in [6, 6.07) is 18.7. The van der Waals surface area contributed by atoms with E-state index in [1.54, 1.807) is 18.1 Å². The minimum atomic E-state index is -0.472. The SMILES string of the molecule is CCOc1ccc(N2CC(C(=O)Nc3cc4oc5ccccc5c4cc3OC)CC2=O)cc1. The van der Waals surface area contributed by atoms with E-state index in [1.807, 2.05) is 61.5 Å². The number of anilines is 2. The Morgan fingerprint density at radius 1 is 1.09 bits per heavy atom. The fourth-order valence-corrected chi connectivity index (χ4v) is 4.27. The highest BCUT2D eigenvalue weighted by molar-refractivity contribution is 6.09. The molecule has 1 N–H and O–H groups in total. The molecule has 1 aliphatic rings. The zero-order valence-electron chi connectivity index (χ0n) is 18.5. The van der Waals surface area contributed by atoms with Crippen molar-refractivity contribution in [2.24, 2.45) is 5.92 Å². The van der Waals surface area contributed by atoms with Gasteiger partial charge >= 0.3 is 0 Å². The van der Waals surface area contributed by atoms with Gasteiger partial charge in [-0.1, -0.05) is 18.2 Å². The summed E-state index contributed by atoms with van der Waals surface area (Å²) in [5.74, 6) is 0.495. The molecule has 1 aliphatic heterocycles. The molecule has 2 heterocycles. The summed E-state index contributed by atoms with van der Waals surface area (Å²) in [6.07, 6.45) is 0.147. The Morgan fingerprint density at radius 3 is 2.64 bits per heavy atom. The van der Waals surface area contributed by atoms with Gasteiger partial charge in [0.1, 0.15) is 22.7 Å². The first kappa shape index (κ1) is 20.9. The molecule has 7 nitrogen and oxygen atoms in total. The van der Waals surface area contributed by atoms with Crippen LogP contribution in [-0.2, 0) is 9.59 Å². The van der Waals surface area contributed by atoms with Gasteiger partial charge in [-0.3, -0.25) is 9.59 Å². The van der Waals surface area contributed by atoms with Crippen molar-refractivity contribution in [3.8, 4) is 11.5 Å². The molecule has 1 fully saturated rings. The Bertz CT molecular complexity index is 1340. The van der Waals surface area contributed by atoms with E-state index in [0.29, 0.717) is 30.2 Å². The summed E-state index contributed by atoms with van der Waals surface area (Å²) in [6.45, 7) is 2.81. The van der Waals surface area contributed by atoms with E-state index in [9.17, 15) is 9.59 Å². The lowest BCUT2D eigenvalue weighted by molar-refractivity contribution is -0.122. The lowest BCUT2D eigenvalue weighted by Crippen LogP contribution is -2.28. The zero-order chi connectivity index (χ0) is 22.9. The fourth-order valence-electron chi connectivity index (χ4n) is 4.27. The number of hydrogen-bond acceptors (Lipinski definition) is 5. The highest BCUT2D eigenvalue weighted by atomic mass is 16.5. The second kappa shape index (κ2) is 8.50. The van der Waals surface area contributed by atoms with Gasteiger partial charge in [0.15, 0.2) is 0 Å². The highest BCUT2D eigenvalue weighted by Gasteiger charge is 2.35. The van der Waals surface area contributed by atoms with Gasteiger partial charge in [0, 0.05) is 35.5 Å². The lowest BCUT2D eigenvalue weighted by Gasteiger charge is -2.17. The molecule has 2 amide bonds. The maximum absolute atomic E-state index is 13.1. The summed E-state index contributed by atoms with van der Waals surface area (Å²) in [5.41, 5.74) is 2.69. The second-order valence-corrected chi connectivity index (χ2v) is 7.97. The molecule has 0 aliphatic carbocycles. The molecule has 0 spiro atoms. The maximum atomic E-state index is 13.1. The van der Waals surface area contributed by atoms with Crippen molar-refractivity contribution in [1.29, 1.82) is 0 Å². The number of hydrogen-bond donors (Lipinski definition) is 1. The number of fused-ring (bicyclic) bond motifs is 3. The molecule has 0 bridgehead atoms. The van der Waals surface area contributed by atoms with E-state index in [2.05, 4.69) is 5.32 Å². The molecule has 1 aromatic heterocycles. The summed E-state index contributed by atoms with van der Waals surface area (Å²) in [4.78, 5) is 27.3. The van der Waals surface area contributed by atoms with E-state index in [0.717, 1.165) is 27.8 Å². The zero-order valence-corrected chi connectivity index (χ0v) is 18.5. The third-order valence-corrected chi connectivity index (χ3v) is 5.91. The van der Waals surface area contributed by atoms with Gasteiger partial charge in [-0.2, -0.15) is 0 Å². The molecule has 168 valence electrons. The van der Waals surface area contributed by atoms with E-state index in [-0.39, 0.29) is 18.2 Å². The molecule has 0 saturated carbocycles. The van der Waals surface area contributed by atoms with Gasteiger partial charge < -0.3 is 24.1 Å². The van der Waals surface area contributed by atoms with E-state index in [4.69, 9.17) is 13.9 Å². The van der Waals surface area contributed by atoms with Gasteiger partial charge in [-0.25, -0.2) is 0 Å². The average Bonchev–Trinajstić information content (AvgIpc) is 3.39. The van der Waals surface area contributed by atoms with Crippen molar-refractivity contribution in [2.75, 3.05) is 30.5 Å². The van der Waals surface area contributed by atoms with Crippen molar-refractivity contribution >= 4 is 45.1 Å². The van der Waals surface area contributed by atoms with E-state index >= 15 is 0 Å². The van der Waals surface area contributed by atoms with E-state index < -0.39 is 5.92 Å². The molecule has 3 aromatic carbocycles. The molecule has 5 rings (SSSR count). The Labute approximate surface area is 190 Å². The number of benzene rings is 3. The Kier molecular flexibility index (Phi) is 5.38. The number of carbonyl (C=O) groups excluding carboxylic acids is 2. The van der Waals surface area contributed by atoms with Crippen LogP contribution in [0, 0.1) is 5.92 Å². The molecule has 1 unspecified atom stereocenters. The van der Waals surface area contributed by atoms with Crippen LogP contribution in [0.5, 0.6) is 11.5 Å². The number of nitrogens with zero attached hydrogens (tertiary/aromatic N) is 1. The van der Waals surface area contributed by atoms with Gasteiger partial charge in [-0.05, 0) is 43.3 Å². The van der Waals surface area contributed by atoms with Crippen molar-refractivity contribution in [2.45, 2.75) is 13.3 Å². The van der Waals surface area contributed by atoms with E-state index in [1.165, 1.54) is 0 Å². The summed E-state index contributed by atoms with van der Waals surface area (Å²) in [5, 5.41) is 4.83. The molecule has 1 atom stereocenters. The van der Waals surface area contributed by atoms with Crippen molar-refractivity contribution in [3.05, 3.63) is 60.7 Å². The third kappa shape index (κ3) is 3.86. The number of ether oxygens (including phenoxy) is 2. The van der Waals surface area contributed by atoms with Crippen LogP contribution < -0.4 is 19.7 Å². The molecule has 7 heteroatoms. The van der Waals surface area contributed by atoms with Crippen LogP contribution in [0.3, 0.4) is 0 Å². The monoisotopic (exact) mass is 444 g/mol. The summed E-state index contributed by atoms with van der Waals surface area (Å²) in [7, 11) is 1.56. The number of amides is 2. The van der Waals surface area contributed by atoms with Crippen LogP contribution in [0.2, 0.25) is 0 Å². The summed E-state index contributed by atoms with van der Waals surface area (Å²) < 4.78 is 16.9. The van der Waals surface area contributed by atoms with Gasteiger partial charge in [0.2, 0.25) is 11.8 Å². The lowest BCUT2D eigenvalue weighted by atomic mass is 10.1. The minimum Gasteiger partial charge on any atom is -0.495 e. The third-order valence-electron chi connectivity index (χ3n) is 5.91. The predicted molar refractivity (Wildman–Crippen MR) is 127 cm³/mol. The molecule has 33 heavy (non-hydrogen) atoms. The minimum absolute atomic E-state index is 0.0842. The standard InChI is InChI=1S/C26H24N2O5/c1-3-32-18-10-8-17(9-11-18)28-15-16(12-25(28)29)26(30)27-21-14-23-20(13-24(21)31-2)19-6-4-5-7-22(19)33-23/h4-11,13-14,16H,3,12,15H2,1-2H3,(H,27,30). The second-order valence-electron chi connectivity index (χ2n) is 7.97. The van der Waals surface area contributed by atoms with Crippen LogP contribution in [0.25, 0.3) is 21.9 Å². The normalized spacial score (nSPS) is 15.9. The number of methoxy groups -OCH3 is 1. The molecule has 1 saturated heterocycles. The predicted octanol–water partition coefficient (Wildman–Crippen LogP) is 4.98. The number of nitrogens with one attached hydrogen (secondary N) is 1. The first-order chi connectivity index (χ1) is 16.1. The Balaban J connectivity index is 1.36. The highest BCUT2D eigenvalue weighted by Crippen LogP contribution is 2.37. The first-order valence-electron chi connectivity index (χ1n) is 10.9. The maximum Gasteiger partial charge on any atom is 0.229 e. The van der Waals surface area contributed by atoms with Gasteiger partial charge in [0.25, 0.3) is 0 Å². The average molecular weight is 444 g/mol. The van der Waals surface area contributed by atoms with Crippen LogP contribution in [0.4, 0.5) is 11.4 Å². The van der Waals surface area contributed by atoms with Gasteiger partial charge in [-0.15, -0.1) is 0 Å². The quantitative estimate of drug-likeness (QED) is 0.453. The van der Waals surface area contributed by atoms with Crippen molar-refractivity contribution in [1.82, 2.24) is 0 Å². The van der Waals surface area contributed by atoms with Crippen LogP contribution in [0.1, 0.15) is 13.3 Å². The number of rotatable bonds is 6. The topological polar surface area (TPSA) is 81.0 Å². The molecule has 0 radical (unpaired) electrons. The van der Waals surface area contributed by atoms with Crippen LogP contribution in [-0.4, -0.2) is 32.1 Å². The Morgan fingerprint density at radius 2 is 1.88 bits per heavy atom. The first-order valence-corrected chi connectivity index (χ1v) is 10.9. The molecular formula is C26H24N2O5.